The lowest BCUT2D eigenvalue weighted by Gasteiger charge is -2.06. The van der Waals surface area contributed by atoms with Crippen LogP contribution in [0.1, 0.15) is 30.9 Å². The van der Waals surface area contributed by atoms with Crippen LogP contribution in [0, 0.1) is 5.82 Å². The fourth-order valence-electron chi connectivity index (χ4n) is 2.65. The second kappa shape index (κ2) is 9.84. The predicted octanol–water partition coefficient (Wildman–Crippen LogP) is 4.03. The Labute approximate surface area is 186 Å². The average Bonchev–Trinajstić information content (AvgIpc) is 3.50. The molecule has 2 aromatic heterocycles. The van der Waals surface area contributed by atoms with E-state index in [2.05, 4.69) is 20.8 Å². The zero-order chi connectivity index (χ0) is 22.3. The van der Waals surface area contributed by atoms with Gasteiger partial charge in [-0.2, -0.15) is 0 Å². The monoisotopic (exact) mass is 452 g/mol. The molecule has 0 spiro atoms. The van der Waals surface area contributed by atoms with Crippen LogP contribution in [0.25, 0.3) is 0 Å². The van der Waals surface area contributed by atoms with Gasteiger partial charge in [-0.1, -0.05) is 11.3 Å². The van der Waals surface area contributed by atoms with E-state index in [9.17, 15) is 14.0 Å². The van der Waals surface area contributed by atoms with Gasteiger partial charge in [0.1, 0.15) is 23.9 Å². The summed E-state index contributed by atoms with van der Waals surface area (Å²) in [6, 6.07) is 15.6. The number of nitrogens with one attached hydrogen (secondary N) is 2. The van der Waals surface area contributed by atoms with Crippen molar-refractivity contribution in [2.45, 2.75) is 13.2 Å². The summed E-state index contributed by atoms with van der Waals surface area (Å²) in [5.74, 6) is 0.108. The van der Waals surface area contributed by atoms with Crippen molar-refractivity contribution in [3.63, 3.8) is 0 Å². The zero-order valence-corrected chi connectivity index (χ0v) is 17.4. The number of halogens is 1. The van der Waals surface area contributed by atoms with Gasteiger partial charge in [0, 0.05) is 11.3 Å². The molecule has 8 nitrogen and oxygen atoms in total. The Balaban J connectivity index is 1.29. The van der Waals surface area contributed by atoms with Crippen LogP contribution in [0.3, 0.4) is 0 Å². The molecule has 0 fully saturated rings. The van der Waals surface area contributed by atoms with Crippen LogP contribution >= 0.6 is 11.3 Å². The molecule has 2 N–H and O–H groups in total. The maximum atomic E-state index is 12.9. The number of ether oxygens (including phenoxy) is 1. The largest absolute Gasteiger partial charge is 0.486 e. The highest BCUT2D eigenvalue weighted by molar-refractivity contribution is 7.13. The number of hydrogen-bond donors (Lipinski definition) is 2. The van der Waals surface area contributed by atoms with E-state index in [4.69, 9.17) is 9.15 Å². The molecule has 4 rings (SSSR count). The summed E-state index contributed by atoms with van der Waals surface area (Å²) in [7, 11) is 0. The number of amides is 2. The van der Waals surface area contributed by atoms with Crippen molar-refractivity contribution >= 4 is 28.8 Å². The number of carbonyl (C=O) groups is 2. The molecule has 2 heterocycles. The van der Waals surface area contributed by atoms with Crippen LogP contribution < -0.4 is 15.4 Å². The highest BCUT2D eigenvalue weighted by Gasteiger charge is 2.14. The predicted molar refractivity (Wildman–Crippen MR) is 115 cm³/mol. The molecule has 162 valence electrons. The van der Waals surface area contributed by atoms with Crippen LogP contribution in [0.15, 0.2) is 71.3 Å². The minimum Gasteiger partial charge on any atom is -0.486 e. The number of nitrogens with zero attached hydrogens (tertiary/aromatic N) is 2. The Morgan fingerprint density at radius 3 is 2.50 bits per heavy atom. The molecular weight excluding hydrogens is 435 g/mol. The minimum atomic E-state index is -0.425. The summed E-state index contributed by atoms with van der Waals surface area (Å²) in [6.07, 6.45) is 1.54. The van der Waals surface area contributed by atoms with Gasteiger partial charge in [0.2, 0.25) is 5.01 Å². The van der Waals surface area contributed by atoms with Gasteiger partial charge in [0.25, 0.3) is 11.8 Å². The summed E-state index contributed by atoms with van der Waals surface area (Å²) in [5, 5.41) is 13.9. The number of anilines is 1. The molecule has 0 saturated heterocycles. The first-order valence-corrected chi connectivity index (χ1v) is 10.3. The van der Waals surface area contributed by atoms with E-state index in [1.165, 1.54) is 24.3 Å². The van der Waals surface area contributed by atoms with Gasteiger partial charge in [-0.25, -0.2) is 4.39 Å². The Hall–Kier alpha value is -4.05. The number of carbonyl (C=O) groups excluding carboxylic acids is 2. The third kappa shape index (κ3) is 5.55. The van der Waals surface area contributed by atoms with E-state index in [1.54, 1.807) is 42.7 Å². The summed E-state index contributed by atoms with van der Waals surface area (Å²) in [6.45, 7) is 0.396. The van der Waals surface area contributed by atoms with Crippen molar-refractivity contribution in [3.05, 3.63) is 94.1 Å². The van der Waals surface area contributed by atoms with Gasteiger partial charge < -0.3 is 19.8 Å². The SMILES string of the molecule is O=C(NCc1ccco1)c1ccc(NC(=O)c2nnc(COc3ccc(F)cc3)s2)cc1. The first kappa shape index (κ1) is 21.2. The standard InChI is InChI=1S/C22H17FN4O4S/c23-15-5-9-17(10-6-15)31-13-19-26-27-22(32-19)21(29)25-16-7-3-14(4-8-16)20(28)24-12-18-2-1-11-30-18/h1-11H,12-13H2,(H,24,28)(H,25,29). The van der Waals surface area contributed by atoms with Crippen LogP contribution in [0.5, 0.6) is 5.75 Å². The maximum absolute atomic E-state index is 12.9. The Morgan fingerprint density at radius 1 is 1.00 bits per heavy atom. The van der Waals surface area contributed by atoms with Gasteiger partial charge in [0.15, 0.2) is 5.01 Å². The zero-order valence-electron chi connectivity index (χ0n) is 16.6. The van der Waals surface area contributed by atoms with Gasteiger partial charge in [-0.3, -0.25) is 9.59 Å². The lowest BCUT2D eigenvalue weighted by atomic mass is 10.2. The van der Waals surface area contributed by atoms with Crippen molar-refractivity contribution in [3.8, 4) is 5.75 Å². The van der Waals surface area contributed by atoms with Crippen LogP contribution in [-0.2, 0) is 13.2 Å². The van der Waals surface area contributed by atoms with Crippen molar-refractivity contribution in [2.24, 2.45) is 0 Å². The molecule has 10 heteroatoms. The van der Waals surface area contributed by atoms with Crippen LogP contribution in [-0.4, -0.2) is 22.0 Å². The molecule has 4 aromatic rings. The molecule has 2 amide bonds. The normalized spacial score (nSPS) is 10.5. The lowest BCUT2D eigenvalue weighted by molar-refractivity contribution is 0.0947. The fraction of sp³-hybridized carbons (Fsp3) is 0.0909. The molecule has 32 heavy (non-hydrogen) atoms. The second-order valence-corrected chi connectivity index (χ2v) is 7.60. The maximum Gasteiger partial charge on any atom is 0.286 e. The van der Waals surface area contributed by atoms with E-state index in [-0.39, 0.29) is 29.9 Å². The number of aromatic nitrogens is 2. The molecule has 0 bridgehead atoms. The Kier molecular flexibility index (Phi) is 6.52. The van der Waals surface area contributed by atoms with Gasteiger partial charge >= 0.3 is 0 Å². The van der Waals surface area contributed by atoms with Gasteiger partial charge in [0.05, 0.1) is 12.8 Å². The van der Waals surface area contributed by atoms with Crippen LogP contribution in [0.2, 0.25) is 0 Å². The van der Waals surface area contributed by atoms with E-state index in [1.807, 2.05) is 0 Å². The first-order chi connectivity index (χ1) is 15.6. The number of rotatable bonds is 8. The lowest BCUT2D eigenvalue weighted by Crippen LogP contribution is -2.22. The van der Waals surface area contributed by atoms with Crippen LogP contribution in [0.4, 0.5) is 10.1 Å². The number of furan rings is 1. The van der Waals surface area contributed by atoms with Crippen molar-refractivity contribution in [1.82, 2.24) is 15.5 Å². The third-order valence-corrected chi connectivity index (χ3v) is 5.14. The summed E-state index contributed by atoms with van der Waals surface area (Å²) < 4.78 is 23.6. The molecule has 0 saturated carbocycles. The molecular formula is C22H17FN4O4S. The van der Waals surface area contributed by atoms with Gasteiger partial charge in [-0.15, -0.1) is 10.2 Å². The molecule has 0 aliphatic carbocycles. The van der Waals surface area contributed by atoms with Crippen molar-refractivity contribution < 1.29 is 23.1 Å². The molecule has 0 aliphatic heterocycles. The molecule has 0 radical (unpaired) electrons. The smallest absolute Gasteiger partial charge is 0.286 e. The third-order valence-electron chi connectivity index (χ3n) is 4.25. The minimum absolute atomic E-state index is 0.110. The summed E-state index contributed by atoms with van der Waals surface area (Å²) >= 11 is 1.09. The fourth-order valence-corrected chi connectivity index (χ4v) is 3.30. The highest BCUT2D eigenvalue weighted by atomic mass is 32.1. The summed E-state index contributed by atoms with van der Waals surface area (Å²) in [5.41, 5.74) is 0.961. The summed E-state index contributed by atoms with van der Waals surface area (Å²) in [4.78, 5) is 24.6. The van der Waals surface area contributed by atoms with Crippen molar-refractivity contribution in [2.75, 3.05) is 5.32 Å². The first-order valence-electron chi connectivity index (χ1n) is 9.49. The molecule has 0 aliphatic rings. The van der Waals surface area contributed by atoms with E-state index in [0.29, 0.717) is 27.8 Å². The van der Waals surface area contributed by atoms with E-state index < -0.39 is 5.91 Å². The van der Waals surface area contributed by atoms with Crippen molar-refractivity contribution in [1.29, 1.82) is 0 Å². The topological polar surface area (TPSA) is 106 Å². The van der Waals surface area contributed by atoms with E-state index >= 15 is 0 Å². The molecule has 0 unspecified atom stereocenters. The van der Waals surface area contributed by atoms with Gasteiger partial charge in [-0.05, 0) is 60.7 Å². The number of hydrogen-bond acceptors (Lipinski definition) is 7. The number of benzene rings is 2. The molecule has 2 aromatic carbocycles. The highest BCUT2D eigenvalue weighted by Crippen LogP contribution is 2.17. The second-order valence-electron chi connectivity index (χ2n) is 6.54. The van der Waals surface area contributed by atoms with E-state index in [0.717, 1.165) is 11.3 Å². The molecule has 0 atom stereocenters. The quantitative estimate of drug-likeness (QED) is 0.418. The Bertz CT molecular complexity index is 1190. The average molecular weight is 452 g/mol. The Morgan fingerprint density at radius 2 is 1.78 bits per heavy atom.